The molecule has 35 heavy (non-hydrogen) atoms. The lowest BCUT2D eigenvalue weighted by Gasteiger charge is -2.37. The molecule has 2 aromatic carbocycles. The number of anilines is 2. The fourth-order valence-corrected chi connectivity index (χ4v) is 4.76. The third kappa shape index (κ3) is 4.79. The van der Waals surface area contributed by atoms with E-state index in [-0.39, 0.29) is 29.6 Å². The molecule has 0 saturated heterocycles. The molecule has 0 unspecified atom stereocenters. The molecule has 0 saturated carbocycles. The predicted octanol–water partition coefficient (Wildman–Crippen LogP) is 6.57. The van der Waals surface area contributed by atoms with E-state index < -0.39 is 23.5 Å². The third-order valence-electron chi connectivity index (χ3n) is 6.48. The van der Waals surface area contributed by atoms with Crippen molar-refractivity contribution in [2.75, 3.05) is 10.2 Å². The number of rotatable bonds is 4. The van der Waals surface area contributed by atoms with Crippen LogP contribution >= 0.6 is 0 Å². The van der Waals surface area contributed by atoms with E-state index in [9.17, 15) is 22.8 Å². The monoisotopic (exact) mass is 486 g/mol. The van der Waals surface area contributed by atoms with E-state index in [2.05, 4.69) is 5.32 Å². The van der Waals surface area contributed by atoms with Crippen molar-refractivity contribution < 1.29 is 27.5 Å². The van der Waals surface area contributed by atoms with Crippen molar-refractivity contribution in [1.82, 2.24) is 0 Å². The van der Waals surface area contributed by atoms with Crippen molar-refractivity contribution in [2.45, 2.75) is 65.3 Å². The zero-order valence-electron chi connectivity index (χ0n) is 20.2. The maximum atomic E-state index is 14.0. The summed E-state index contributed by atoms with van der Waals surface area (Å²) in [6, 6.07) is 11.7. The van der Waals surface area contributed by atoms with E-state index in [1.54, 1.807) is 42.5 Å². The van der Waals surface area contributed by atoms with E-state index in [0.717, 1.165) is 0 Å². The van der Waals surface area contributed by atoms with Crippen LogP contribution in [0.1, 0.15) is 58.6 Å². The van der Waals surface area contributed by atoms with Gasteiger partial charge in [0.1, 0.15) is 5.75 Å². The largest absolute Gasteiger partial charge is 0.490 e. The highest BCUT2D eigenvalue weighted by Crippen LogP contribution is 2.50. The Balaban J connectivity index is 2.04. The maximum Gasteiger partial charge on any atom is 0.471 e. The maximum absolute atomic E-state index is 14.0. The summed E-state index contributed by atoms with van der Waals surface area (Å²) in [6.45, 7) is 7.69. The highest BCUT2D eigenvalue weighted by molar-refractivity contribution is 6.07. The molecule has 0 spiro atoms. The third-order valence-corrected chi connectivity index (χ3v) is 6.48. The van der Waals surface area contributed by atoms with E-state index >= 15 is 0 Å². The summed E-state index contributed by atoms with van der Waals surface area (Å²) in [4.78, 5) is 27.3. The minimum atomic E-state index is -5.15. The van der Waals surface area contributed by atoms with Crippen LogP contribution in [-0.4, -0.2) is 24.0 Å². The number of hydrogen-bond donors (Lipinski definition) is 1. The Morgan fingerprint density at radius 2 is 1.80 bits per heavy atom. The topological polar surface area (TPSA) is 58.6 Å². The number of para-hydroxylation sites is 3. The first kappa shape index (κ1) is 24.8. The molecular formula is C27H29F3N2O3. The number of hydrogen-bond acceptors (Lipinski definition) is 4. The van der Waals surface area contributed by atoms with E-state index in [1.807, 2.05) is 27.7 Å². The number of ketones is 1. The first-order valence-corrected chi connectivity index (χ1v) is 11.7. The van der Waals surface area contributed by atoms with Gasteiger partial charge in [0.15, 0.2) is 5.78 Å². The number of carbonyl (C=O) groups is 2. The summed E-state index contributed by atoms with van der Waals surface area (Å²) in [6.07, 6.45) is -4.09. The van der Waals surface area contributed by atoms with E-state index in [1.165, 1.54) is 6.07 Å². The number of halogens is 3. The molecule has 2 aliphatic rings. The Hall–Kier alpha value is -3.29. The number of nitrogens with one attached hydrogen (secondary N) is 1. The zero-order chi connectivity index (χ0) is 25.5. The minimum absolute atomic E-state index is 0.0539. The molecule has 1 heterocycles. The van der Waals surface area contributed by atoms with Crippen LogP contribution in [0, 0.1) is 5.41 Å². The SMILES string of the molecule is CC[C@H](C)Oc1ccccc1[C@@H]1C2=C(CC(C)(C)CC2=O)Nc2ccccc2N1C(=O)C(F)(F)F. The molecule has 186 valence electrons. The normalized spacial score (nSPS) is 20.4. The fourth-order valence-electron chi connectivity index (χ4n) is 4.76. The molecule has 4 rings (SSSR count). The van der Waals surface area contributed by atoms with Crippen LogP contribution in [-0.2, 0) is 9.59 Å². The molecule has 2 aromatic rings. The molecule has 1 aliphatic heterocycles. The Kier molecular flexibility index (Phi) is 6.42. The van der Waals surface area contributed by atoms with Crippen LogP contribution in [0.2, 0.25) is 0 Å². The van der Waals surface area contributed by atoms with Gasteiger partial charge in [0.05, 0.1) is 23.5 Å². The van der Waals surface area contributed by atoms with Crippen LogP contribution in [0.25, 0.3) is 0 Å². The first-order chi connectivity index (χ1) is 16.4. The highest BCUT2D eigenvalue weighted by Gasteiger charge is 2.51. The average molecular weight is 487 g/mol. The molecule has 8 heteroatoms. The van der Waals surface area contributed by atoms with Crippen LogP contribution in [0.4, 0.5) is 24.5 Å². The summed E-state index contributed by atoms with van der Waals surface area (Å²) in [7, 11) is 0. The minimum Gasteiger partial charge on any atom is -0.490 e. The molecule has 1 aliphatic carbocycles. The second-order valence-electron chi connectivity index (χ2n) is 9.93. The van der Waals surface area contributed by atoms with Crippen LogP contribution < -0.4 is 15.0 Å². The summed E-state index contributed by atoms with van der Waals surface area (Å²) < 4.78 is 48.1. The number of benzene rings is 2. The van der Waals surface area contributed by atoms with Gasteiger partial charge in [-0.1, -0.05) is 51.1 Å². The number of fused-ring (bicyclic) bond motifs is 1. The number of amides is 1. The van der Waals surface area contributed by atoms with Gasteiger partial charge in [-0.15, -0.1) is 0 Å². The standard InChI is InChI=1S/C27H29F3N2O3/c1-5-16(2)35-22-13-9-6-10-17(22)24-23-19(14-26(3,4)15-21(23)33)31-18-11-7-8-12-20(18)32(24)25(34)27(28,29)30/h6-13,16,24,31H,5,14-15H2,1-4H3/t16-,24+/m0/s1. The fraction of sp³-hybridized carbons (Fsp3) is 0.407. The zero-order valence-corrected chi connectivity index (χ0v) is 20.2. The second kappa shape index (κ2) is 9.06. The van der Waals surface area contributed by atoms with Gasteiger partial charge >= 0.3 is 12.1 Å². The molecule has 0 radical (unpaired) electrons. The van der Waals surface area contributed by atoms with Crippen molar-refractivity contribution in [1.29, 1.82) is 0 Å². The molecule has 0 aromatic heterocycles. The van der Waals surface area contributed by atoms with E-state index in [4.69, 9.17) is 4.74 Å². The van der Waals surface area contributed by atoms with Gasteiger partial charge in [0.2, 0.25) is 0 Å². The van der Waals surface area contributed by atoms with Gasteiger partial charge in [-0.2, -0.15) is 13.2 Å². The Morgan fingerprint density at radius 3 is 2.49 bits per heavy atom. The van der Waals surface area contributed by atoms with Crippen molar-refractivity contribution in [3.8, 4) is 5.75 Å². The summed E-state index contributed by atoms with van der Waals surface area (Å²) in [5.41, 5.74) is 1.03. The van der Waals surface area contributed by atoms with Crippen LogP contribution in [0.5, 0.6) is 5.75 Å². The Morgan fingerprint density at radius 1 is 1.14 bits per heavy atom. The van der Waals surface area contributed by atoms with Gasteiger partial charge in [-0.3, -0.25) is 14.5 Å². The van der Waals surface area contributed by atoms with Gasteiger partial charge in [-0.25, -0.2) is 0 Å². The summed E-state index contributed by atoms with van der Waals surface area (Å²) >= 11 is 0. The lowest BCUT2D eigenvalue weighted by molar-refractivity contribution is -0.170. The number of Topliss-reactive ketones (excluding diaryl/α,β-unsaturated/α-hetero) is 1. The van der Waals surface area contributed by atoms with Gasteiger partial charge in [0, 0.05) is 23.3 Å². The first-order valence-electron chi connectivity index (χ1n) is 11.7. The summed E-state index contributed by atoms with van der Waals surface area (Å²) in [5.74, 6) is -1.99. The molecule has 0 fully saturated rings. The number of carbonyl (C=O) groups excluding carboxylic acids is 2. The molecule has 2 atom stereocenters. The van der Waals surface area contributed by atoms with Crippen molar-refractivity contribution in [3.63, 3.8) is 0 Å². The quantitative estimate of drug-likeness (QED) is 0.531. The number of ether oxygens (including phenoxy) is 1. The predicted molar refractivity (Wildman–Crippen MR) is 128 cm³/mol. The Bertz CT molecular complexity index is 1190. The number of alkyl halides is 3. The lowest BCUT2D eigenvalue weighted by Crippen LogP contribution is -2.45. The molecule has 5 nitrogen and oxygen atoms in total. The lowest BCUT2D eigenvalue weighted by atomic mass is 9.73. The highest BCUT2D eigenvalue weighted by atomic mass is 19.4. The van der Waals surface area contributed by atoms with Crippen molar-refractivity contribution in [3.05, 3.63) is 65.4 Å². The van der Waals surface area contributed by atoms with Gasteiger partial charge in [-0.05, 0) is 43.4 Å². The summed E-state index contributed by atoms with van der Waals surface area (Å²) in [5, 5.41) is 3.21. The molecule has 0 bridgehead atoms. The van der Waals surface area contributed by atoms with E-state index in [0.29, 0.717) is 40.4 Å². The second-order valence-corrected chi connectivity index (χ2v) is 9.93. The van der Waals surface area contributed by atoms with Gasteiger partial charge in [0.25, 0.3) is 0 Å². The van der Waals surface area contributed by atoms with Crippen LogP contribution in [0.3, 0.4) is 0 Å². The molecular weight excluding hydrogens is 457 g/mol. The number of nitrogens with zero attached hydrogens (tertiary/aromatic N) is 1. The average Bonchev–Trinajstić information content (AvgIpc) is 2.91. The number of allylic oxidation sites excluding steroid dienone is 1. The molecule has 1 amide bonds. The van der Waals surface area contributed by atoms with Crippen molar-refractivity contribution in [2.24, 2.45) is 5.41 Å². The van der Waals surface area contributed by atoms with Crippen LogP contribution in [0.15, 0.2) is 59.8 Å². The Labute approximate surface area is 203 Å². The van der Waals surface area contributed by atoms with Gasteiger partial charge < -0.3 is 10.1 Å². The molecule has 1 N–H and O–H groups in total. The van der Waals surface area contributed by atoms with Crippen molar-refractivity contribution >= 4 is 23.1 Å². The smallest absolute Gasteiger partial charge is 0.471 e.